The van der Waals surface area contributed by atoms with Crippen molar-refractivity contribution in [2.45, 2.75) is 13.0 Å². The lowest BCUT2D eigenvalue weighted by Crippen LogP contribution is -2.09. The molecule has 60 valence electrons. The van der Waals surface area contributed by atoms with Gasteiger partial charge in [0.05, 0.1) is 0 Å². The molecule has 5 heteroatoms. The molecular weight excluding hydrogens is 166 g/mol. The molecule has 1 rings (SSSR count). The van der Waals surface area contributed by atoms with Crippen molar-refractivity contribution in [1.82, 2.24) is 4.98 Å². The minimum Gasteiger partial charge on any atom is -0.479 e. The first-order valence-corrected chi connectivity index (χ1v) is 3.82. The Bertz CT molecular complexity index is 271. The molecule has 0 aliphatic rings. The van der Waals surface area contributed by atoms with Gasteiger partial charge >= 0.3 is 5.97 Å². The fourth-order valence-electron chi connectivity index (χ4n) is 0.603. The molecule has 0 aliphatic carbocycles. The fraction of sp³-hybridized carbons (Fsp3) is 0.333. The SMILES string of the molecule is Cc1csc([C@H](O)C(=O)O)n1. The van der Waals surface area contributed by atoms with Crippen molar-refractivity contribution in [1.29, 1.82) is 0 Å². The minimum absolute atomic E-state index is 0.231. The molecule has 1 aromatic heterocycles. The summed E-state index contributed by atoms with van der Waals surface area (Å²) in [6, 6.07) is 0. The number of hydrogen-bond acceptors (Lipinski definition) is 4. The monoisotopic (exact) mass is 173 g/mol. The van der Waals surface area contributed by atoms with Gasteiger partial charge in [-0.2, -0.15) is 0 Å². The molecule has 1 atom stereocenters. The lowest BCUT2D eigenvalue weighted by molar-refractivity contribution is -0.146. The highest BCUT2D eigenvalue weighted by Crippen LogP contribution is 2.17. The quantitative estimate of drug-likeness (QED) is 0.685. The van der Waals surface area contributed by atoms with Crippen LogP contribution in [-0.2, 0) is 4.79 Å². The van der Waals surface area contributed by atoms with E-state index in [0.717, 1.165) is 17.0 Å². The van der Waals surface area contributed by atoms with Gasteiger partial charge in [-0.1, -0.05) is 0 Å². The van der Waals surface area contributed by atoms with Crippen LogP contribution in [0.25, 0.3) is 0 Å². The molecule has 0 bridgehead atoms. The number of aryl methyl sites for hydroxylation is 1. The lowest BCUT2D eigenvalue weighted by atomic mass is 10.4. The van der Waals surface area contributed by atoms with Gasteiger partial charge < -0.3 is 10.2 Å². The third-order valence-electron chi connectivity index (χ3n) is 1.10. The standard InChI is InChI=1S/C6H7NO3S/c1-3-2-11-5(7-3)4(8)6(9)10/h2,4,8H,1H3,(H,9,10)/t4-/m0/s1. The summed E-state index contributed by atoms with van der Waals surface area (Å²) in [5, 5.41) is 19.2. The first-order valence-electron chi connectivity index (χ1n) is 2.94. The summed E-state index contributed by atoms with van der Waals surface area (Å²) in [5.74, 6) is -1.26. The number of aliphatic hydroxyl groups excluding tert-OH is 1. The molecular formula is C6H7NO3S. The maximum Gasteiger partial charge on any atom is 0.339 e. The minimum atomic E-state index is -1.48. The molecule has 0 saturated carbocycles. The van der Waals surface area contributed by atoms with Crippen molar-refractivity contribution in [2.75, 3.05) is 0 Å². The Morgan fingerprint density at radius 2 is 2.45 bits per heavy atom. The molecule has 1 heterocycles. The molecule has 11 heavy (non-hydrogen) atoms. The molecule has 0 aliphatic heterocycles. The molecule has 2 N–H and O–H groups in total. The Labute approximate surface area is 67.1 Å². The lowest BCUT2D eigenvalue weighted by Gasteiger charge is -1.97. The van der Waals surface area contributed by atoms with Crippen LogP contribution in [0.4, 0.5) is 0 Å². The van der Waals surface area contributed by atoms with E-state index in [2.05, 4.69) is 4.98 Å². The second-order valence-electron chi connectivity index (χ2n) is 2.07. The van der Waals surface area contributed by atoms with Crippen LogP contribution in [0.3, 0.4) is 0 Å². The van der Waals surface area contributed by atoms with Gasteiger partial charge in [-0.15, -0.1) is 11.3 Å². The number of aromatic nitrogens is 1. The number of rotatable bonds is 2. The summed E-state index contributed by atoms with van der Waals surface area (Å²) in [7, 11) is 0. The molecule has 0 amide bonds. The van der Waals surface area contributed by atoms with Gasteiger partial charge in [0.1, 0.15) is 5.01 Å². The zero-order chi connectivity index (χ0) is 8.43. The van der Waals surface area contributed by atoms with Crippen molar-refractivity contribution in [3.05, 3.63) is 16.1 Å². The Morgan fingerprint density at radius 3 is 2.82 bits per heavy atom. The van der Waals surface area contributed by atoms with E-state index in [1.54, 1.807) is 12.3 Å². The van der Waals surface area contributed by atoms with Crippen LogP contribution in [0.2, 0.25) is 0 Å². The second-order valence-corrected chi connectivity index (χ2v) is 2.96. The molecule has 0 spiro atoms. The third kappa shape index (κ3) is 1.75. The predicted octanol–water partition coefficient (Wildman–Crippen LogP) is 0.570. The summed E-state index contributed by atoms with van der Waals surface area (Å²) >= 11 is 1.14. The highest BCUT2D eigenvalue weighted by molar-refractivity contribution is 7.09. The number of carboxylic acid groups (broad SMARTS) is 1. The van der Waals surface area contributed by atoms with E-state index in [1.165, 1.54) is 0 Å². The molecule has 0 unspecified atom stereocenters. The number of thiazole rings is 1. The van der Waals surface area contributed by atoms with Gasteiger partial charge in [-0.05, 0) is 6.92 Å². The van der Waals surface area contributed by atoms with Crippen LogP contribution in [-0.4, -0.2) is 21.2 Å². The molecule has 1 aromatic rings. The van der Waals surface area contributed by atoms with E-state index >= 15 is 0 Å². The average molecular weight is 173 g/mol. The van der Waals surface area contributed by atoms with Crippen molar-refractivity contribution < 1.29 is 15.0 Å². The van der Waals surface area contributed by atoms with Gasteiger partial charge in [0.15, 0.2) is 0 Å². The molecule has 0 fully saturated rings. The van der Waals surface area contributed by atoms with E-state index in [1.807, 2.05) is 0 Å². The zero-order valence-corrected chi connectivity index (χ0v) is 6.63. The highest BCUT2D eigenvalue weighted by Gasteiger charge is 2.18. The summed E-state index contributed by atoms with van der Waals surface area (Å²) < 4.78 is 0. The topological polar surface area (TPSA) is 70.4 Å². The maximum atomic E-state index is 10.2. The van der Waals surface area contributed by atoms with Crippen molar-refractivity contribution in [2.24, 2.45) is 0 Å². The number of aliphatic carboxylic acids is 1. The number of carboxylic acids is 1. The predicted molar refractivity (Wildman–Crippen MR) is 39.4 cm³/mol. The Morgan fingerprint density at radius 1 is 1.82 bits per heavy atom. The summed E-state index contributed by atoms with van der Waals surface area (Å²) in [5.41, 5.74) is 0.727. The Hall–Kier alpha value is -0.940. The average Bonchev–Trinajstić information content (AvgIpc) is 2.34. The van der Waals surface area contributed by atoms with Crippen LogP contribution in [0.1, 0.15) is 16.8 Å². The van der Waals surface area contributed by atoms with Gasteiger partial charge in [0, 0.05) is 11.1 Å². The van der Waals surface area contributed by atoms with Crippen LogP contribution in [0, 0.1) is 6.92 Å². The first kappa shape index (κ1) is 8.16. The number of hydrogen-bond donors (Lipinski definition) is 2. The smallest absolute Gasteiger partial charge is 0.339 e. The molecule has 4 nitrogen and oxygen atoms in total. The van der Waals surface area contributed by atoms with Gasteiger partial charge in [0.2, 0.25) is 6.10 Å². The Balaban J connectivity index is 2.84. The maximum absolute atomic E-state index is 10.2. The van der Waals surface area contributed by atoms with E-state index in [4.69, 9.17) is 10.2 Å². The summed E-state index contributed by atoms with van der Waals surface area (Å²) in [4.78, 5) is 14.0. The molecule has 0 radical (unpaired) electrons. The molecule has 0 aromatic carbocycles. The normalized spacial score (nSPS) is 12.9. The largest absolute Gasteiger partial charge is 0.479 e. The van der Waals surface area contributed by atoms with Crippen molar-refractivity contribution in [3.63, 3.8) is 0 Å². The second kappa shape index (κ2) is 2.98. The van der Waals surface area contributed by atoms with Crippen LogP contribution in [0.15, 0.2) is 5.38 Å². The highest BCUT2D eigenvalue weighted by atomic mass is 32.1. The van der Waals surface area contributed by atoms with Gasteiger partial charge in [-0.3, -0.25) is 0 Å². The van der Waals surface area contributed by atoms with E-state index in [-0.39, 0.29) is 5.01 Å². The third-order valence-corrected chi connectivity index (χ3v) is 2.12. The first-order chi connectivity index (χ1) is 5.11. The summed E-state index contributed by atoms with van der Waals surface area (Å²) in [6.07, 6.45) is -1.48. The van der Waals surface area contributed by atoms with Crippen LogP contribution in [0.5, 0.6) is 0 Å². The Kier molecular flexibility index (Phi) is 2.21. The van der Waals surface area contributed by atoms with Crippen molar-refractivity contribution >= 4 is 17.3 Å². The van der Waals surface area contributed by atoms with Gasteiger partial charge in [0.25, 0.3) is 0 Å². The van der Waals surface area contributed by atoms with Crippen LogP contribution < -0.4 is 0 Å². The van der Waals surface area contributed by atoms with Crippen molar-refractivity contribution in [3.8, 4) is 0 Å². The van der Waals surface area contributed by atoms with Crippen LogP contribution >= 0.6 is 11.3 Å². The molecule has 0 saturated heterocycles. The van der Waals surface area contributed by atoms with Gasteiger partial charge in [-0.25, -0.2) is 9.78 Å². The number of aliphatic hydroxyl groups is 1. The number of carbonyl (C=O) groups is 1. The number of nitrogens with zero attached hydrogens (tertiary/aromatic N) is 1. The van der Waals surface area contributed by atoms with E-state index in [0.29, 0.717) is 0 Å². The fourth-order valence-corrected chi connectivity index (χ4v) is 1.37. The zero-order valence-electron chi connectivity index (χ0n) is 5.81. The summed E-state index contributed by atoms with van der Waals surface area (Å²) in [6.45, 7) is 1.74. The van der Waals surface area contributed by atoms with E-state index < -0.39 is 12.1 Å². The van der Waals surface area contributed by atoms with E-state index in [9.17, 15) is 4.79 Å².